The van der Waals surface area contributed by atoms with Crippen LogP contribution in [0, 0.1) is 5.82 Å². The molecule has 3 rings (SSSR count). The molecule has 0 aliphatic carbocycles. The molecular weight excluding hydrogens is 325 g/mol. The topological polar surface area (TPSA) is 70.7 Å². The molecule has 25 heavy (non-hydrogen) atoms. The van der Waals surface area contributed by atoms with E-state index in [1.807, 2.05) is 4.90 Å². The van der Waals surface area contributed by atoms with Gasteiger partial charge >= 0.3 is 0 Å². The van der Waals surface area contributed by atoms with E-state index in [9.17, 15) is 14.0 Å². The molecule has 0 aromatic heterocycles. The average Bonchev–Trinajstić information content (AvgIpc) is 2.63. The molecule has 1 unspecified atom stereocenters. The first-order chi connectivity index (χ1) is 12.1. The van der Waals surface area contributed by atoms with Gasteiger partial charge in [-0.3, -0.25) is 9.59 Å². The van der Waals surface area contributed by atoms with Crippen molar-refractivity contribution in [1.82, 2.24) is 15.5 Å². The number of nitrogens with zero attached hydrogens (tertiary/aromatic N) is 1. The van der Waals surface area contributed by atoms with Crippen molar-refractivity contribution in [2.75, 3.05) is 32.8 Å². The predicted octanol–water partition coefficient (Wildman–Crippen LogP) is 0.925. The van der Waals surface area contributed by atoms with E-state index in [0.29, 0.717) is 38.3 Å². The lowest BCUT2D eigenvalue weighted by atomic mass is 10.0. The molecule has 136 valence electrons. The number of nitrogens with one attached hydrogen (secondary N) is 2. The second-order valence-corrected chi connectivity index (χ2v) is 6.57. The highest BCUT2D eigenvalue weighted by molar-refractivity contribution is 5.94. The van der Waals surface area contributed by atoms with Gasteiger partial charge in [0.2, 0.25) is 5.91 Å². The van der Waals surface area contributed by atoms with E-state index >= 15 is 0 Å². The van der Waals surface area contributed by atoms with Gasteiger partial charge in [-0.05, 0) is 37.1 Å². The number of amides is 2. The van der Waals surface area contributed by atoms with E-state index in [2.05, 4.69) is 10.6 Å². The van der Waals surface area contributed by atoms with Crippen LogP contribution in [0.5, 0.6) is 0 Å². The van der Waals surface area contributed by atoms with E-state index in [0.717, 1.165) is 19.4 Å². The second kappa shape index (κ2) is 8.40. The van der Waals surface area contributed by atoms with Gasteiger partial charge in [0.15, 0.2) is 0 Å². The largest absolute Gasteiger partial charge is 0.378 e. The molecule has 6 nitrogen and oxygen atoms in total. The third-order valence-corrected chi connectivity index (χ3v) is 4.71. The van der Waals surface area contributed by atoms with E-state index in [1.54, 1.807) is 0 Å². The van der Waals surface area contributed by atoms with Crippen molar-refractivity contribution in [3.63, 3.8) is 0 Å². The normalized spacial score (nSPS) is 21.8. The zero-order chi connectivity index (χ0) is 17.6. The van der Waals surface area contributed by atoms with Crippen LogP contribution >= 0.6 is 0 Å². The van der Waals surface area contributed by atoms with Gasteiger partial charge in [0, 0.05) is 43.7 Å². The number of hydrogen-bond acceptors (Lipinski definition) is 4. The summed E-state index contributed by atoms with van der Waals surface area (Å²) in [6, 6.07) is 5.64. The summed E-state index contributed by atoms with van der Waals surface area (Å²) in [5, 5.41) is 6.25. The maximum absolute atomic E-state index is 12.9. The quantitative estimate of drug-likeness (QED) is 0.848. The van der Waals surface area contributed by atoms with Crippen LogP contribution in [0.1, 0.15) is 29.6 Å². The van der Waals surface area contributed by atoms with Crippen LogP contribution in [-0.2, 0) is 9.53 Å². The molecule has 1 atom stereocenters. The summed E-state index contributed by atoms with van der Waals surface area (Å²) in [4.78, 5) is 26.4. The van der Waals surface area contributed by atoms with Gasteiger partial charge in [-0.1, -0.05) is 0 Å². The van der Waals surface area contributed by atoms with Gasteiger partial charge < -0.3 is 20.3 Å². The molecule has 0 saturated carbocycles. The lowest BCUT2D eigenvalue weighted by Gasteiger charge is -2.34. The van der Waals surface area contributed by atoms with Crippen LogP contribution in [0.4, 0.5) is 4.39 Å². The fraction of sp³-hybridized carbons (Fsp3) is 0.556. The fourth-order valence-electron chi connectivity index (χ4n) is 3.23. The Bertz CT molecular complexity index is 594. The Morgan fingerprint density at radius 2 is 1.96 bits per heavy atom. The number of halogens is 1. The van der Waals surface area contributed by atoms with Crippen molar-refractivity contribution >= 4 is 11.8 Å². The Labute approximate surface area is 146 Å². The molecule has 2 aliphatic rings. The molecule has 1 aromatic rings. The first kappa shape index (κ1) is 17.8. The SMILES string of the molecule is O=C(NC1CCN(C(=O)CC2COCCN2)CC1)c1ccc(F)cc1. The van der Waals surface area contributed by atoms with Crippen molar-refractivity contribution in [3.05, 3.63) is 35.6 Å². The number of ether oxygens (including phenoxy) is 1. The molecule has 7 heteroatoms. The molecule has 1 aromatic carbocycles. The number of likely N-dealkylation sites (tertiary alicyclic amines) is 1. The smallest absolute Gasteiger partial charge is 0.251 e. The molecule has 2 saturated heterocycles. The van der Waals surface area contributed by atoms with Crippen LogP contribution in [0.2, 0.25) is 0 Å². The second-order valence-electron chi connectivity index (χ2n) is 6.57. The molecule has 0 spiro atoms. The molecule has 2 heterocycles. The first-order valence-corrected chi connectivity index (χ1v) is 8.77. The standard InChI is InChI=1S/C18H24FN3O3/c19-14-3-1-13(2-4-14)18(24)21-15-5-8-22(9-6-15)17(23)11-16-12-25-10-7-20-16/h1-4,15-16,20H,5-12H2,(H,21,24). The lowest BCUT2D eigenvalue weighted by Crippen LogP contribution is -2.49. The molecular formula is C18H24FN3O3. The van der Waals surface area contributed by atoms with Crippen LogP contribution in [0.25, 0.3) is 0 Å². The van der Waals surface area contributed by atoms with Crippen LogP contribution in [0.15, 0.2) is 24.3 Å². The van der Waals surface area contributed by atoms with Crippen LogP contribution in [-0.4, -0.2) is 61.6 Å². The minimum Gasteiger partial charge on any atom is -0.378 e. The third kappa shape index (κ3) is 4.99. The van der Waals surface area contributed by atoms with Crippen LogP contribution in [0.3, 0.4) is 0 Å². The molecule has 2 amide bonds. The molecule has 0 bridgehead atoms. The number of morpholine rings is 1. The number of piperidine rings is 1. The van der Waals surface area contributed by atoms with Crippen molar-refractivity contribution in [2.45, 2.75) is 31.3 Å². The van der Waals surface area contributed by atoms with Gasteiger partial charge in [-0.2, -0.15) is 0 Å². The molecule has 2 fully saturated rings. The number of hydrogen-bond donors (Lipinski definition) is 2. The minimum atomic E-state index is -0.360. The highest BCUT2D eigenvalue weighted by Crippen LogP contribution is 2.14. The highest BCUT2D eigenvalue weighted by atomic mass is 19.1. The Hall–Kier alpha value is -1.99. The Kier molecular flexibility index (Phi) is 5.99. The molecule has 2 N–H and O–H groups in total. The number of rotatable bonds is 4. The van der Waals surface area contributed by atoms with Crippen molar-refractivity contribution in [2.24, 2.45) is 0 Å². The predicted molar refractivity (Wildman–Crippen MR) is 90.7 cm³/mol. The number of carbonyl (C=O) groups is 2. The van der Waals surface area contributed by atoms with E-state index in [1.165, 1.54) is 24.3 Å². The minimum absolute atomic E-state index is 0.0396. The Morgan fingerprint density at radius 3 is 2.60 bits per heavy atom. The summed E-state index contributed by atoms with van der Waals surface area (Å²) < 4.78 is 18.3. The number of carbonyl (C=O) groups excluding carboxylic acids is 2. The maximum Gasteiger partial charge on any atom is 0.251 e. The highest BCUT2D eigenvalue weighted by Gasteiger charge is 2.26. The van der Waals surface area contributed by atoms with Crippen molar-refractivity contribution in [1.29, 1.82) is 0 Å². The summed E-state index contributed by atoms with van der Waals surface area (Å²) in [5.41, 5.74) is 0.447. The molecule has 2 aliphatic heterocycles. The fourth-order valence-corrected chi connectivity index (χ4v) is 3.23. The summed E-state index contributed by atoms with van der Waals surface area (Å²) >= 11 is 0. The maximum atomic E-state index is 12.9. The average molecular weight is 349 g/mol. The van der Waals surface area contributed by atoms with Crippen molar-refractivity contribution < 1.29 is 18.7 Å². The zero-order valence-corrected chi connectivity index (χ0v) is 14.2. The lowest BCUT2D eigenvalue weighted by molar-refractivity contribution is -0.133. The Balaban J connectivity index is 1.42. The van der Waals surface area contributed by atoms with E-state index < -0.39 is 0 Å². The van der Waals surface area contributed by atoms with Gasteiger partial charge in [0.05, 0.1) is 13.2 Å². The van der Waals surface area contributed by atoms with Crippen molar-refractivity contribution in [3.8, 4) is 0 Å². The van der Waals surface area contributed by atoms with Gasteiger partial charge in [0.25, 0.3) is 5.91 Å². The van der Waals surface area contributed by atoms with Gasteiger partial charge in [0.1, 0.15) is 5.82 Å². The summed E-state index contributed by atoms with van der Waals surface area (Å²) in [5.74, 6) is -0.430. The number of benzene rings is 1. The van der Waals surface area contributed by atoms with Gasteiger partial charge in [-0.15, -0.1) is 0 Å². The zero-order valence-electron chi connectivity index (χ0n) is 14.2. The monoisotopic (exact) mass is 349 g/mol. The third-order valence-electron chi connectivity index (χ3n) is 4.71. The summed E-state index contributed by atoms with van der Waals surface area (Å²) in [6.07, 6.45) is 1.91. The van der Waals surface area contributed by atoms with Crippen LogP contribution < -0.4 is 10.6 Å². The summed E-state index contributed by atoms with van der Waals surface area (Å²) in [7, 11) is 0. The van der Waals surface area contributed by atoms with E-state index in [4.69, 9.17) is 4.74 Å². The molecule has 0 radical (unpaired) electrons. The van der Waals surface area contributed by atoms with E-state index in [-0.39, 0.29) is 29.7 Å². The first-order valence-electron chi connectivity index (χ1n) is 8.77. The summed E-state index contributed by atoms with van der Waals surface area (Å²) in [6.45, 7) is 3.34. The Morgan fingerprint density at radius 1 is 1.24 bits per heavy atom. The van der Waals surface area contributed by atoms with Gasteiger partial charge in [-0.25, -0.2) is 4.39 Å².